The van der Waals surface area contributed by atoms with Crippen molar-refractivity contribution in [1.29, 1.82) is 0 Å². The lowest BCUT2D eigenvalue weighted by Gasteiger charge is -2.41. The van der Waals surface area contributed by atoms with Gasteiger partial charge in [-0.2, -0.15) is 0 Å². The first-order valence-corrected chi connectivity index (χ1v) is 25.5. The van der Waals surface area contributed by atoms with E-state index in [1.54, 1.807) is 13.3 Å². The Morgan fingerprint density at radius 1 is 1.08 bits per heavy atom. The van der Waals surface area contributed by atoms with E-state index in [1.807, 2.05) is 30.2 Å². The fraction of sp³-hybridized carbons (Fsp3) is 0.534. The van der Waals surface area contributed by atoms with E-state index in [2.05, 4.69) is 175 Å². The molecule has 8 N–H and O–H groups in total. The standard InChI is InChI=1S/C54H83N9O2.C2H4.2CH5N/c1-16-21-28-53(12,13)36-46-45-34-43(26-27-48(45)63(20-5)52(46)44-25-24-30-56-50(44)42(11)65-15)47(17-2)58-39(8)35-54(29-22-23-31-57-60-54)59-41(10)51(38(6)7)61(14)32-33-62(49(64)18-3)37-40(9)55-19-4;3*1-2/h16-19,24-27,30,34,38,40,42,51,55,57,59-60H,1,3-4,10,20-23,28-29,31-33,35-37H2,2,5-9,11-15H3;1-2H2;2*2H2,1H3/b47-17-,58-39?;;;. The van der Waals surface area contributed by atoms with E-state index in [0.29, 0.717) is 26.1 Å². The summed E-state index contributed by atoms with van der Waals surface area (Å²) in [6, 6.07) is 11.2. The minimum absolute atomic E-state index is 0.00752. The Bertz CT molecular complexity index is 2160. The van der Waals surface area contributed by atoms with Gasteiger partial charge in [0, 0.05) is 91.9 Å². The van der Waals surface area contributed by atoms with E-state index < -0.39 is 5.66 Å². The fourth-order valence-electron chi connectivity index (χ4n) is 9.68. The number of nitrogens with zero attached hydrogens (tertiary/aromatic N) is 5. The van der Waals surface area contributed by atoms with Gasteiger partial charge in [0.15, 0.2) is 0 Å². The van der Waals surface area contributed by atoms with Crippen molar-refractivity contribution >= 4 is 28.2 Å². The average Bonchev–Trinajstić information content (AvgIpc) is 3.48. The number of nitrogens with one attached hydrogen (secondary N) is 4. The second kappa shape index (κ2) is 32.7. The van der Waals surface area contributed by atoms with Gasteiger partial charge in [-0.25, -0.2) is 5.43 Å². The highest BCUT2D eigenvalue weighted by atomic mass is 16.5. The molecule has 1 amide bonds. The van der Waals surface area contributed by atoms with E-state index in [0.717, 1.165) is 85.5 Å². The first-order chi connectivity index (χ1) is 34.0. The Morgan fingerprint density at radius 3 is 2.37 bits per heavy atom. The van der Waals surface area contributed by atoms with Crippen LogP contribution in [-0.2, 0) is 22.5 Å². The molecule has 396 valence electrons. The first-order valence-electron chi connectivity index (χ1n) is 25.5. The minimum Gasteiger partial charge on any atom is -0.387 e. The second-order valence-electron chi connectivity index (χ2n) is 19.2. The molecule has 4 rings (SSSR count). The van der Waals surface area contributed by atoms with Gasteiger partial charge in [-0.15, -0.1) is 19.7 Å². The fourth-order valence-corrected chi connectivity index (χ4v) is 9.68. The zero-order valence-electron chi connectivity index (χ0n) is 46.5. The number of aryl methyl sites for hydroxylation is 1. The van der Waals surface area contributed by atoms with Crippen LogP contribution in [0.25, 0.3) is 27.9 Å². The van der Waals surface area contributed by atoms with Gasteiger partial charge >= 0.3 is 0 Å². The van der Waals surface area contributed by atoms with Crippen LogP contribution in [0.5, 0.6) is 0 Å². The monoisotopic (exact) mass is 980 g/mol. The number of rotatable bonds is 26. The van der Waals surface area contributed by atoms with Gasteiger partial charge in [-0.05, 0) is 148 Å². The van der Waals surface area contributed by atoms with Crippen LogP contribution < -0.4 is 33.0 Å². The molecular weight excluding hydrogens is 883 g/mol. The van der Waals surface area contributed by atoms with Crippen molar-refractivity contribution in [1.82, 2.24) is 40.8 Å². The van der Waals surface area contributed by atoms with Crippen molar-refractivity contribution < 1.29 is 9.53 Å². The van der Waals surface area contributed by atoms with E-state index in [4.69, 9.17) is 14.7 Å². The molecule has 13 heteroatoms. The summed E-state index contributed by atoms with van der Waals surface area (Å²) in [5.41, 5.74) is 25.5. The summed E-state index contributed by atoms with van der Waals surface area (Å²) in [6.07, 6.45) is 15.5. The van der Waals surface area contributed by atoms with Crippen LogP contribution in [0.15, 0.2) is 111 Å². The summed E-state index contributed by atoms with van der Waals surface area (Å²) in [5.74, 6) is 0.175. The van der Waals surface area contributed by atoms with Gasteiger partial charge in [0.1, 0.15) is 5.66 Å². The van der Waals surface area contributed by atoms with Crippen LogP contribution in [0.4, 0.5) is 0 Å². The highest BCUT2D eigenvalue weighted by Gasteiger charge is 2.35. The van der Waals surface area contributed by atoms with E-state index in [-0.39, 0.29) is 35.4 Å². The normalized spacial score (nSPS) is 16.4. The number of carbonyl (C=O) groups is 1. The molecule has 3 heterocycles. The molecule has 0 bridgehead atoms. The summed E-state index contributed by atoms with van der Waals surface area (Å²) < 4.78 is 8.32. The Hall–Kier alpha value is -5.15. The number of ether oxygens (including phenoxy) is 1. The number of aromatic nitrogens is 2. The lowest BCUT2D eigenvalue weighted by molar-refractivity contribution is -0.126. The topological polar surface area (TPSA) is 163 Å². The molecule has 1 aliphatic rings. The van der Waals surface area contributed by atoms with Crippen LogP contribution in [0.2, 0.25) is 0 Å². The molecule has 0 saturated carbocycles. The van der Waals surface area contributed by atoms with Crippen molar-refractivity contribution in [2.45, 2.75) is 138 Å². The smallest absolute Gasteiger partial charge is 0.246 e. The third-order valence-corrected chi connectivity index (χ3v) is 12.9. The maximum atomic E-state index is 12.9. The largest absolute Gasteiger partial charge is 0.387 e. The third-order valence-electron chi connectivity index (χ3n) is 12.9. The molecule has 1 aliphatic heterocycles. The predicted molar refractivity (Wildman–Crippen MR) is 307 cm³/mol. The number of nitrogens with two attached hydrogens (primary N) is 2. The molecule has 1 aromatic carbocycles. The number of hydrogen-bond acceptors (Lipinski definition) is 11. The quantitative estimate of drug-likeness (QED) is 0.0259. The van der Waals surface area contributed by atoms with Gasteiger partial charge in [0.05, 0.1) is 29.2 Å². The number of likely N-dealkylation sites (N-methyl/N-ethyl adjacent to an activating group) is 1. The van der Waals surface area contributed by atoms with Gasteiger partial charge in [-0.3, -0.25) is 25.1 Å². The molecule has 0 radical (unpaired) electrons. The molecule has 3 aromatic rings. The number of allylic oxidation sites excluding steroid dienone is 2. The molecule has 1 saturated heterocycles. The maximum absolute atomic E-state index is 12.9. The molecular formula is C58H97N11O2. The summed E-state index contributed by atoms with van der Waals surface area (Å²) in [4.78, 5) is 27.3. The number of pyridine rings is 1. The van der Waals surface area contributed by atoms with Gasteiger partial charge < -0.3 is 36.3 Å². The molecule has 4 atom stereocenters. The highest BCUT2D eigenvalue weighted by molar-refractivity contribution is 5.96. The van der Waals surface area contributed by atoms with Crippen molar-refractivity contribution in [3.63, 3.8) is 0 Å². The molecule has 2 aromatic heterocycles. The molecule has 0 spiro atoms. The lowest BCUT2D eigenvalue weighted by Crippen LogP contribution is -2.62. The van der Waals surface area contributed by atoms with Crippen molar-refractivity contribution in [2.75, 3.05) is 54.4 Å². The predicted octanol–water partition coefficient (Wildman–Crippen LogP) is 10.3. The second-order valence-corrected chi connectivity index (χ2v) is 19.2. The number of hydrogen-bond donors (Lipinski definition) is 6. The van der Waals surface area contributed by atoms with Gasteiger partial charge in [0.25, 0.3) is 0 Å². The van der Waals surface area contributed by atoms with E-state index >= 15 is 0 Å². The van der Waals surface area contributed by atoms with Crippen LogP contribution in [0.3, 0.4) is 0 Å². The van der Waals surface area contributed by atoms with Crippen LogP contribution >= 0.6 is 0 Å². The summed E-state index contributed by atoms with van der Waals surface area (Å²) in [5, 5.41) is 8.37. The Balaban J connectivity index is 0.00000404. The molecule has 4 unspecified atom stereocenters. The van der Waals surface area contributed by atoms with Crippen LogP contribution in [0.1, 0.15) is 124 Å². The van der Waals surface area contributed by atoms with Crippen molar-refractivity contribution in [2.24, 2.45) is 27.8 Å². The first kappa shape index (κ1) is 63.9. The van der Waals surface area contributed by atoms with Crippen molar-refractivity contribution in [3.05, 3.63) is 123 Å². The number of hydrazine groups is 1. The molecule has 1 fully saturated rings. The maximum Gasteiger partial charge on any atom is 0.246 e. The summed E-state index contributed by atoms with van der Waals surface area (Å²) >= 11 is 0. The van der Waals surface area contributed by atoms with Crippen LogP contribution in [-0.4, -0.2) is 103 Å². The zero-order valence-corrected chi connectivity index (χ0v) is 46.5. The SMILES string of the molecule is C=C.C=CCCC(C)(C)Cc1c(-c2cccnc2C(C)OC)n(CC)c2ccc(/C(=C/C)N=C(C)CC3(NC(=C)C(C(C)C)N(C)CCN(CC(C)NC=C)C(=O)C=C)CCCCNN3)cc12.CN.CN. The lowest BCUT2D eigenvalue weighted by atomic mass is 9.80. The highest BCUT2D eigenvalue weighted by Crippen LogP contribution is 2.42. The molecule has 13 nitrogen and oxygen atoms in total. The number of carbonyl (C=O) groups excluding carboxylic acids is 1. The third kappa shape index (κ3) is 18.4. The number of methoxy groups -OCH3 is 1. The van der Waals surface area contributed by atoms with E-state index in [1.165, 1.54) is 42.3 Å². The van der Waals surface area contributed by atoms with Gasteiger partial charge in [-0.1, -0.05) is 65.7 Å². The number of amides is 1. The summed E-state index contributed by atoms with van der Waals surface area (Å²) in [7, 11) is 6.87. The van der Waals surface area contributed by atoms with Gasteiger partial charge in [0.2, 0.25) is 5.91 Å². The molecule has 0 aliphatic carbocycles. The Labute approximate surface area is 431 Å². The van der Waals surface area contributed by atoms with E-state index in [9.17, 15) is 4.79 Å². The number of benzene rings is 1. The Kier molecular flexibility index (Phi) is 29.5. The minimum atomic E-state index is -0.521. The van der Waals surface area contributed by atoms with Crippen LogP contribution in [0, 0.1) is 11.3 Å². The average molecular weight is 980 g/mol. The summed E-state index contributed by atoms with van der Waals surface area (Å²) in [6.45, 7) is 45.5. The zero-order chi connectivity index (χ0) is 53.9. The Morgan fingerprint density at radius 2 is 1.77 bits per heavy atom. The van der Waals surface area contributed by atoms with Crippen molar-refractivity contribution in [3.8, 4) is 11.3 Å². The number of fused-ring (bicyclic) bond motifs is 1. The number of aliphatic imine (C=N–C) groups is 1. The molecule has 71 heavy (non-hydrogen) atoms.